The number of rotatable bonds is 8. The van der Waals surface area contributed by atoms with Gasteiger partial charge < -0.3 is 4.52 Å². The molecule has 1 rings (SSSR count). The van der Waals surface area contributed by atoms with Crippen molar-refractivity contribution in [3.63, 3.8) is 0 Å². The van der Waals surface area contributed by atoms with E-state index in [1.54, 1.807) is 6.07 Å². The minimum atomic E-state index is -2.64. The smallest absolute Gasteiger partial charge is 0.423 e. The summed E-state index contributed by atoms with van der Waals surface area (Å²) in [4.78, 5) is 0. The molecular formula is C14H21F2O3P. The molecule has 0 bridgehead atoms. The molecule has 1 aromatic rings. The first kappa shape index (κ1) is 17.3. The summed E-state index contributed by atoms with van der Waals surface area (Å²) in [5.74, 6) is 1.03. The first-order chi connectivity index (χ1) is 9.57. The minimum absolute atomic E-state index is 0.213. The van der Waals surface area contributed by atoms with Crippen LogP contribution in [0.2, 0.25) is 0 Å². The standard InChI is InChI=1S/C14H21F2O3P/c1-5-10(3)12-7-8-14(17-20(18-15)19-16)13(9-12)11(4)6-2/h7-11H,5-6H2,1-4H3. The molecule has 0 saturated carbocycles. The summed E-state index contributed by atoms with van der Waals surface area (Å²) in [5, 5.41) is 0. The van der Waals surface area contributed by atoms with Gasteiger partial charge >= 0.3 is 8.60 Å². The maximum absolute atomic E-state index is 12.1. The Morgan fingerprint density at radius 3 is 2.15 bits per heavy atom. The van der Waals surface area contributed by atoms with Gasteiger partial charge in [-0.15, -0.1) is 0 Å². The molecule has 0 saturated heterocycles. The summed E-state index contributed by atoms with van der Waals surface area (Å²) >= 11 is 0. The van der Waals surface area contributed by atoms with E-state index < -0.39 is 8.60 Å². The molecule has 20 heavy (non-hydrogen) atoms. The molecular weight excluding hydrogens is 285 g/mol. The maximum atomic E-state index is 12.1. The Kier molecular flexibility index (Phi) is 7.35. The van der Waals surface area contributed by atoms with Crippen LogP contribution in [0.15, 0.2) is 18.2 Å². The zero-order chi connectivity index (χ0) is 15.1. The van der Waals surface area contributed by atoms with Crippen molar-refractivity contribution >= 4 is 8.60 Å². The second-order valence-electron chi connectivity index (χ2n) is 4.87. The molecule has 0 aromatic heterocycles. The van der Waals surface area contributed by atoms with Crippen molar-refractivity contribution in [3.8, 4) is 5.75 Å². The van der Waals surface area contributed by atoms with Crippen LogP contribution in [-0.2, 0) is 9.46 Å². The predicted molar refractivity (Wildman–Crippen MR) is 75.8 cm³/mol. The van der Waals surface area contributed by atoms with Crippen LogP contribution in [0, 0.1) is 0 Å². The van der Waals surface area contributed by atoms with Crippen molar-refractivity contribution in [3.05, 3.63) is 29.3 Å². The summed E-state index contributed by atoms with van der Waals surface area (Å²) in [6.45, 7) is 8.34. The van der Waals surface area contributed by atoms with Crippen LogP contribution >= 0.6 is 8.60 Å². The number of hydrogen-bond acceptors (Lipinski definition) is 3. The molecule has 0 aliphatic carbocycles. The number of hydrogen-bond donors (Lipinski definition) is 0. The van der Waals surface area contributed by atoms with E-state index >= 15 is 0 Å². The lowest BCUT2D eigenvalue weighted by atomic mass is 9.91. The Balaban J connectivity index is 3.09. The predicted octanol–water partition coefficient (Wildman–Crippen LogP) is 6.12. The van der Waals surface area contributed by atoms with E-state index in [0.29, 0.717) is 11.7 Å². The van der Waals surface area contributed by atoms with Crippen LogP contribution in [0.4, 0.5) is 9.05 Å². The molecule has 0 fully saturated rings. The van der Waals surface area contributed by atoms with E-state index in [2.05, 4.69) is 23.3 Å². The fourth-order valence-corrected chi connectivity index (χ4v) is 2.32. The third-order valence-electron chi connectivity index (χ3n) is 3.64. The van der Waals surface area contributed by atoms with Gasteiger partial charge in [0, 0.05) is 0 Å². The average molecular weight is 306 g/mol. The van der Waals surface area contributed by atoms with Crippen LogP contribution in [-0.4, -0.2) is 0 Å². The SMILES string of the molecule is CCC(C)c1ccc(OP(OF)OF)c(C(C)CC)c1. The molecule has 0 radical (unpaired) electrons. The van der Waals surface area contributed by atoms with Crippen LogP contribution in [0.5, 0.6) is 5.75 Å². The van der Waals surface area contributed by atoms with Crippen LogP contribution in [0.1, 0.15) is 63.5 Å². The molecule has 1 aromatic carbocycles. The van der Waals surface area contributed by atoms with Crippen molar-refractivity contribution in [2.45, 2.75) is 52.4 Å². The van der Waals surface area contributed by atoms with E-state index in [0.717, 1.165) is 18.4 Å². The summed E-state index contributed by atoms with van der Waals surface area (Å²) < 4.78 is 35.9. The molecule has 0 heterocycles. The first-order valence-corrected chi connectivity index (χ1v) is 7.86. The summed E-state index contributed by atoms with van der Waals surface area (Å²) in [7, 11) is -2.64. The van der Waals surface area contributed by atoms with E-state index in [4.69, 9.17) is 4.52 Å². The van der Waals surface area contributed by atoms with Gasteiger partial charge in [0.2, 0.25) is 0 Å². The molecule has 114 valence electrons. The molecule has 3 nitrogen and oxygen atoms in total. The summed E-state index contributed by atoms with van der Waals surface area (Å²) in [5.41, 5.74) is 2.09. The van der Waals surface area contributed by atoms with Crippen molar-refractivity contribution < 1.29 is 23.0 Å². The second-order valence-corrected chi connectivity index (χ2v) is 5.77. The molecule has 0 amide bonds. The van der Waals surface area contributed by atoms with Gasteiger partial charge in [0.15, 0.2) is 0 Å². The third kappa shape index (κ3) is 4.37. The highest BCUT2D eigenvalue weighted by molar-refractivity contribution is 7.41. The van der Waals surface area contributed by atoms with Crippen molar-refractivity contribution in [2.24, 2.45) is 0 Å². The van der Waals surface area contributed by atoms with Crippen LogP contribution in [0.25, 0.3) is 0 Å². The Morgan fingerprint density at radius 1 is 1.05 bits per heavy atom. The Morgan fingerprint density at radius 2 is 1.65 bits per heavy atom. The number of benzene rings is 1. The molecule has 0 aliphatic rings. The monoisotopic (exact) mass is 306 g/mol. The lowest BCUT2D eigenvalue weighted by molar-refractivity contribution is -0.0859. The second kappa shape index (κ2) is 8.50. The molecule has 6 heteroatoms. The van der Waals surface area contributed by atoms with Gasteiger partial charge in [0.05, 0.1) is 0 Å². The Labute approximate surface area is 120 Å². The van der Waals surface area contributed by atoms with Gasteiger partial charge in [0.25, 0.3) is 0 Å². The van der Waals surface area contributed by atoms with E-state index in [9.17, 15) is 9.05 Å². The van der Waals surface area contributed by atoms with E-state index in [1.807, 2.05) is 26.0 Å². The zero-order valence-corrected chi connectivity index (χ0v) is 13.1. The van der Waals surface area contributed by atoms with Crippen molar-refractivity contribution in [1.29, 1.82) is 0 Å². The highest BCUT2D eigenvalue weighted by atomic mass is 31.2. The molecule has 0 N–H and O–H groups in total. The highest BCUT2D eigenvalue weighted by Gasteiger charge is 2.21. The Hall–Kier alpha value is -0.770. The topological polar surface area (TPSA) is 27.7 Å². The van der Waals surface area contributed by atoms with Gasteiger partial charge in [-0.25, -0.2) is 0 Å². The van der Waals surface area contributed by atoms with Gasteiger partial charge in [-0.3, -0.25) is 0 Å². The normalized spacial score (nSPS) is 14.3. The van der Waals surface area contributed by atoms with Crippen LogP contribution < -0.4 is 4.52 Å². The molecule has 0 spiro atoms. The first-order valence-electron chi connectivity index (χ1n) is 6.76. The summed E-state index contributed by atoms with van der Waals surface area (Å²) in [6, 6.07) is 5.65. The fourth-order valence-electron chi connectivity index (χ4n) is 1.92. The average Bonchev–Trinajstić information content (AvgIpc) is 2.50. The highest BCUT2D eigenvalue weighted by Crippen LogP contribution is 2.44. The van der Waals surface area contributed by atoms with Crippen molar-refractivity contribution in [2.75, 3.05) is 0 Å². The van der Waals surface area contributed by atoms with Gasteiger partial charge in [-0.05, 0) is 50.9 Å². The quantitative estimate of drug-likeness (QED) is 0.541. The minimum Gasteiger partial charge on any atom is -0.423 e. The summed E-state index contributed by atoms with van der Waals surface area (Å²) in [6.07, 6.45) is 1.92. The van der Waals surface area contributed by atoms with Gasteiger partial charge in [-0.2, -0.15) is 0 Å². The maximum Gasteiger partial charge on any atom is 0.465 e. The lowest BCUT2D eigenvalue weighted by Gasteiger charge is -2.19. The van der Waals surface area contributed by atoms with E-state index in [1.165, 1.54) is 5.56 Å². The molecule has 2 unspecified atom stereocenters. The lowest BCUT2D eigenvalue weighted by Crippen LogP contribution is -2.01. The molecule has 0 aliphatic heterocycles. The van der Waals surface area contributed by atoms with Crippen LogP contribution in [0.3, 0.4) is 0 Å². The largest absolute Gasteiger partial charge is 0.465 e. The fraction of sp³-hybridized carbons (Fsp3) is 0.571. The molecule has 2 atom stereocenters. The third-order valence-corrected chi connectivity index (χ3v) is 4.22. The Bertz CT molecular complexity index is 413. The number of halogens is 2. The zero-order valence-electron chi connectivity index (χ0n) is 12.2. The van der Waals surface area contributed by atoms with E-state index in [-0.39, 0.29) is 5.92 Å². The van der Waals surface area contributed by atoms with Crippen molar-refractivity contribution in [1.82, 2.24) is 0 Å². The van der Waals surface area contributed by atoms with Gasteiger partial charge in [-0.1, -0.05) is 49.3 Å². The van der Waals surface area contributed by atoms with Gasteiger partial charge in [0.1, 0.15) is 5.75 Å².